The summed E-state index contributed by atoms with van der Waals surface area (Å²) in [6.07, 6.45) is 3.08. The molecule has 1 amide bonds. The van der Waals surface area contributed by atoms with Crippen LogP contribution >= 0.6 is 0 Å². The highest BCUT2D eigenvalue weighted by atomic mass is 19.1. The lowest BCUT2D eigenvalue weighted by Gasteiger charge is -2.03. The molecular formula is C14H12FN5O2. The van der Waals surface area contributed by atoms with Crippen LogP contribution in [0.1, 0.15) is 21.7 Å². The molecule has 1 aromatic carbocycles. The zero-order valence-electron chi connectivity index (χ0n) is 11.7. The van der Waals surface area contributed by atoms with Gasteiger partial charge in [-0.15, -0.1) is 0 Å². The van der Waals surface area contributed by atoms with Gasteiger partial charge in [0.1, 0.15) is 11.5 Å². The number of aryl methyl sites for hydroxylation is 1. The van der Waals surface area contributed by atoms with Crippen LogP contribution in [0.5, 0.6) is 0 Å². The van der Waals surface area contributed by atoms with Crippen LogP contribution in [-0.4, -0.2) is 26.0 Å². The second kappa shape index (κ2) is 5.76. The molecular weight excluding hydrogens is 289 g/mol. The Labute approximate surface area is 124 Å². The first kappa shape index (κ1) is 13.9. The van der Waals surface area contributed by atoms with Gasteiger partial charge in [0, 0.05) is 11.8 Å². The Kier molecular flexibility index (Phi) is 3.65. The van der Waals surface area contributed by atoms with Gasteiger partial charge in [-0.3, -0.25) is 9.48 Å². The average Bonchev–Trinajstić information content (AvgIpc) is 3.10. The summed E-state index contributed by atoms with van der Waals surface area (Å²) in [6.45, 7) is 1.89. The first-order chi connectivity index (χ1) is 10.6. The zero-order valence-corrected chi connectivity index (χ0v) is 11.7. The summed E-state index contributed by atoms with van der Waals surface area (Å²) in [5, 5.41) is 13.8. The molecule has 2 heterocycles. The standard InChI is InChI=1S/C14H12FN5O2/c1-9-13(19-22-18-9)14(21)17-11-6-16-20(8-11)7-10-4-2-3-5-12(10)15/h2-6,8H,7H2,1H3,(H,17,21). The number of amides is 1. The van der Waals surface area contributed by atoms with Gasteiger partial charge in [0.2, 0.25) is 0 Å². The van der Waals surface area contributed by atoms with Crippen molar-refractivity contribution in [1.82, 2.24) is 20.1 Å². The van der Waals surface area contributed by atoms with Crippen molar-refractivity contribution in [2.75, 3.05) is 5.32 Å². The molecule has 1 N–H and O–H groups in total. The van der Waals surface area contributed by atoms with Crippen molar-refractivity contribution in [1.29, 1.82) is 0 Å². The molecule has 0 aliphatic carbocycles. The molecule has 7 nitrogen and oxygen atoms in total. The van der Waals surface area contributed by atoms with Crippen LogP contribution in [0.3, 0.4) is 0 Å². The first-order valence-electron chi connectivity index (χ1n) is 6.50. The van der Waals surface area contributed by atoms with Crippen LogP contribution in [0.4, 0.5) is 10.1 Å². The van der Waals surface area contributed by atoms with Crippen LogP contribution in [0.15, 0.2) is 41.3 Å². The number of carbonyl (C=O) groups is 1. The molecule has 0 aliphatic heterocycles. The van der Waals surface area contributed by atoms with Gasteiger partial charge < -0.3 is 5.32 Å². The summed E-state index contributed by atoms with van der Waals surface area (Å²) in [7, 11) is 0. The van der Waals surface area contributed by atoms with Gasteiger partial charge in [-0.05, 0) is 18.1 Å². The lowest BCUT2D eigenvalue weighted by molar-refractivity contribution is 0.101. The van der Waals surface area contributed by atoms with E-state index < -0.39 is 5.91 Å². The van der Waals surface area contributed by atoms with Crippen LogP contribution in [0, 0.1) is 12.7 Å². The topological polar surface area (TPSA) is 85.8 Å². The van der Waals surface area contributed by atoms with Gasteiger partial charge >= 0.3 is 0 Å². The normalized spacial score (nSPS) is 10.6. The van der Waals surface area contributed by atoms with E-state index in [1.54, 1.807) is 31.3 Å². The fourth-order valence-corrected chi connectivity index (χ4v) is 1.94. The monoisotopic (exact) mass is 301 g/mol. The summed E-state index contributed by atoms with van der Waals surface area (Å²) < 4.78 is 19.6. The number of hydrogen-bond donors (Lipinski definition) is 1. The van der Waals surface area contributed by atoms with Crippen molar-refractivity contribution < 1.29 is 13.8 Å². The fraction of sp³-hybridized carbons (Fsp3) is 0.143. The number of halogens is 1. The van der Waals surface area contributed by atoms with Crippen molar-refractivity contribution >= 4 is 11.6 Å². The van der Waals surface area contributed by atoms with Crippen molar-refractivity contribution in [2.45, 2.75) is 13.5 Å². The van der Waals surface area contributed by atoms with Crippen molar-refractivity contribution in [3.63, 3.8) is 0 Å². The Hall–Kier alpha value is -3.03. The number of carbonyl (C=O) groups excluding carboxylic acids is 1. The third kappa shape index (κ3) is 2.85. The molecule has 0 saturated heterocycles. The maximum Gasteiger partial charge on any atom is 0.279 e. The third-order valence-corrected chi connectivity index (χ3v) is 3.05. The lowest BCUT2D eigenvalue weighted by atomic mass is 10.2. The Morgan fingerprint density at radius 3 is 2.91 bits per heavy atom. The second-order valence-corrected chi connectivity index (χ2v) is 4.67. The summed E-state index contributed by atoms with van der Waals surface area (Å²) in [5.74, 6) is -0.739. The Morgan fingerprint density at radius 1 is 1.36 bits per heavy atom. The van der Waals surface area contributed by atoms with Crippen LogP contribution < -0.4 is 5.32 Å². The smallest absolute Gasteiger partial charge is 0.279 e. The molecule has 0 fully saturated rings. The molecule has 0 bridgehead atoms. The molecule has 22 heavy (non-hydrogen) atoms. The summed E-state index contributed by atoms with van der Waals surface area (Å²) in [6, 6.07) is 6.45. The molecule has 8 heteroatoms. The minimum absolute atomic E-state index is 0.113. The fourth-order valence-electron chi connectivity index (χ4n) is 1.94. The van der Waals surface area contributed by atoms with Crippen LogP contribution in [0.25, 0.3) is 0 Å². The predicted octanol–water partition coefficient (Wildman–Crippen LogP) is 2.01. The summed E-state index contributed by atoms with van der Waals surface area (Å²) in [5.41, 5.74) is 1.50. The van der Waals surface area contributed by atoms with Gasteiger partial charge in [-0.2, -0.15) is 5.10 Å². The highest BCUT2D eigenvalue weighted by Gasteiger charge is 2.15. The van der Waals surface area contributed by atoms with E-state index >= 15 is 0 Å². The molecule has 3 aromatic rings. The van der Waals surface area contributed by atoms with E-state index in [1.165, 1.54) is 16.9 Å². The Morgan fingerprint density at radius 2 is 2.18 bits per heavy atom. The van der Waals surface area contributed by atoms with E-state index in [0.29, 0.717) is 16.9 Å². The highest BCUT2D eigenvalue weighted by Crippen LogP contribution is 2.12. The minimum atomic E-state index is -0.441. The maximum atomic E-state index is 13.6. The van der Waals surface area contributed by atoms with Crippen molar-refractivity contribution in [2.24, 2.45) is 0 Å². The number of anilines is 1. The van der Waals surface area contributed by atoms with E-state index in [2.05, 4.69) is 25.4 Å². The van der Waals surface area contributed by atoms with Crippen molar-refractivity contribution in [3.05, 3.63) is 59.4 Å². The third-order valence-electron chi connectivity index (χ3n) is 3.05. The second-order valence-electron chi connectivity index (χ2n) is 4.67. The van der Waals surface area contributed by atoms with Crippen molar-refractivity contribution in [3.8, 4) is 0 Å². The summed E-state index contributed by atoms with van der Waals surface area (Å²) in [4.78, 5) is 11.9. The highest BCUT2D eigenvalue weighted by molar-refractivity contribution is 6.03. The molecule has 2 aromatic heterocycles. The van der Waals surface area contributed by atoms with Gasteiger partial charge in [-0.1, -0.05) is 23.4 Å². The molecule has 0 saturated carbocycles. The molecule has 0 atom stereocenters. The van der Waals surface area contributed by atoms with E-state index in [4.69, 9.17) is 0 Å². The molecule has 3 rings (SSSR count). The number of aromatic nitrogens is 4. The number of nitrogens with zero attached hydrogens (tertiary/aromatic N) is 4. The average molecular weight is 301 g/mol. The number of rotatable bonds is 4. The van der Waals surface area contributed by atoms with Gasteiger partial charge in [-0.25, -0.2) is 9.02 Å². The van der Waals surface area contributed by atoms with Gasteiger partial charge in [0.05, 0.1) is 18.4 Å². The number of nitrogens with one attached hydrogen (secondary N) is 1. The largest absolute Gasteiger partial charge is 0.318 e. The van der Waals surface area contributed by atoms with Gasteiger partial charge in [0.15, 0.2) is 5.69 Å². The molecule has 0 spiro atoms. The molecule has 112 valence electrons. The maximum absolute atomic E-state index is 13.6. The van der Waals surface area contributed by atoms with E-state index in [9.17, 15) is 9.18 Å². The molecule has 0 unspecified atom stereocenters. The SMILES string of the molecule is Cc1nonc1C(=O)Nc1cnn(Cc2ccccc2F)c1. The first-order valence-corrected chi connectivity index (χ1v) is 6.50. The Balaban J connectivity index is 1.70. The van der Waals surface area contributed by atoms with Gasteiger partial charge in [0.25, 0.3) is 5.91 Å². The quantitative estimate of drug-likeness (QED) is 0.796. The van der Waals surface area contributed by atoms with E-state index in [0.717, 1.165) is 0 Å². The zero-order chi connectivity index (χ0) is 15.5. The molecule has 0 aliphatic rings. The van der Waals surface area contributed by atoms with Crippen LogP contribution in [-0.2, 0) is 6.54 Å². The number of hydrogen-bond acceptors (Lipinski definition) is 5. The molecule has 0 radical (unpaired) electrons. The Bertz CT molecular complexity index is 811. The predicted molar refractivity (Wildman–Crippen MR) is 74.7 cm³/mol. The minimum Gasteiger partial charge on any atom is -0.318 e. The lowest BCUT2D eigenvalue weighted by Crippen LogP contribution is -2.13. The van der Waals surface area contributed by atoms with Crippen LogP contribution in [0.2, 0.25) is 0 Å². The van der Waals surface area contributed by atoms with E-state index in [1.807, 2.05) is 0 Å². The van der Waals surface area contributed by atoms with E-state index in [-0.39, 0.29) is 18.1 Å². The summed E-state index contributed by atoms with van der Waals surface area (Å²) >= 11 is 0. The number of benzene rings is 1.